The fraction of sp³-hybridized carbons (Fsp3) is 0.556. The summed E-state index contributed by atoms with van der Waals surface area (Å²) in [4.78, 5) is 11.6. The monoisotopic (exact) mass is 228 g/mol. The van der Waals surface area contributed by atoms with Crippen molar-refractivity contribution in [3.8, 4) is 0 Å². The van der Waals surface area contributed by atoms with E-state index in [4.69, 9.17) is 5.73 Å². The molecule has 1 amide bonds. The van der Waals surface area contributed by atoms with Gasteiger partial charge in [0.2, 0.25) is 0 Å². The first-order valence-corrected chi connectivity index (χ1v) is 6.13. The number of aromatic amines is 1. The molecule has 0 aromatic carbocycles. The van der Waals surface area contributed by atoms with Crippen LogP contribution >= 0.6 is 11.8 Å². The number of hydrogen-bond donors (Lipinski definition) is 3. The molecule has 4 N–H and O–H groups in total. The second-order valence-electron chi connectivity index (χ2n) is 3.36. The highest BCUT2D eigenvalue weighted by Gasteiger charge is 2.11. The standard InChI is InChI=1S/C9H16N4OS/c1-6(3-4-15-2)11-9(14)7-5-8(10)13-12-7/h5-6H,3-4H2,1-2H3,(H,11,14)(H3,10,12,13). The number of rotatable bonds is 5. The predicted octanol–water partition coefficient (Wildman–Crippen LogP) is 0.863. The van der Waals surface area contributed by atoms with Crippen molar-refractivity contribution in [3.63, 3.8) is 0 Å². The molecule has 5 nitrogen and oxygen atoms in total. The third-order valence-electron chi connectivity index (χ3n) is 1.97. The maximum atomic E-state index is 11.6. The van der Waals surface area contributed by atoms with Gasteiger partial charge in [-0.05, 0) is 25.4 Å². The second-order valence-corrected chi connectivity index (χ2v) is 4.35. The SMILES string of the molecule is CSCCC(C)NC(=O)c1cc(N)n[nH]1. The topological polar surface area (TPSA) is 83.8 Å². The van der Waals surface area contributed by atoms with E-state index >= 15 is 0 Å². The van der Waals surface area contributed by atoms with Gasteiger partial charge >= 0.3 is 0 Å². The van der Waals surface area contributed by atoms with E-state index in [2.05, 4.69) is 15.5 Å². The number of nitrogens with zero attached hydrogens (tertiary/aromatic N) is 1. The first-order chi connectivity index (χ1) is 7.13. The Morgan fingerprint density at radius 3 is 3.07 bits per heavy atom. The average molecular weight is 228 g/mol. The van der Waals surface area contributed by atoms with Crippen LogP contribution in [0.2, 0.25) is 0 Å². The highest BCUT2D eigenvalue weighted by atomic mass is 32.2. The minimum absolute atomic E-state index is 0.159. The maximum Gasteiger partial charge on any atom is 0.269 e. The van der Waals surface area contributed by atoms with Crippen LogP contribution in [0, 0.1) is 0 Å². The number of carbonyl (C=O) groups excluding carboxylic acids is 1. The Morgan fingerprint density at radius 1 is 1.80 bits per heavy atom. The molecule has 0 aliphatic rings. The van der Waals surface area contributed by atoms with E-state index in [0.29, 0.717) is 11.5 Å². The van der Waals surface area contributed by atoms with Gasteiger partial charge in [-0.3, -0.25) is 9.89 Å². The van der Waals surface area contributed by atoms with Crippen LogP contribution < -0.4 is 11.1 Å². The molecule has 1 aromatic rings. The second kappa shape index (κ2) is 5.65. The van der Waals surface area contributed by atoms with Gasteiger partial charge in [-0.15, -0.1) is 0 Å². The molecule has 1 aromatic heterocycles. The summed E-state index contributed by atoms with van der Waals surface area (Å²) >= 11 is 1.77. The molecule has 1 rings (SSSR count). The fourth-order valence-corrected chi connectivity index (χ4v) is 1.71. The van der Waals surface area contributed by atoms with Gasteiger partial charge in [0.1, 0.15) is 11.5 Å². The van der Waals surface area contributed by atoms with Crippen molar-refractivity contribution in [2.75, 3.05) is 17.7 Å². The third-order valence-corrected chi connectivity index (χ3v) is 2.62. The zero-order chi connectivity index (χ0) is 11.3. The molecule has 0 aliphatic carbocycles. The Bertz CT molecular complexity index is 326. The normalized spacial score (nSPS) is 12.4. The number of carbonyl (C=O) groups is 1. The first-order valence-electron chi connectivity index (χ1n) is 4.74. The van der Waals surface area contributed by atoms with Gasteiger partial charge in [-0.1, -0.05) is 0 Å². The zero-order valence-electron chi connectivity index (χ0n) is 8.91. The van der Waals surface area contributed by atoms with E-state index in [1.807, 2.05) is 13.2 Å². The number of anilines is 1. The summed E-state index contributed by atoms with van der Waals surface area (Å²) in [6.07, 6.45) is 3.00. The first kappa shape index (κ1) is 11.9. The molecular formula is C9H16N4OS. The third kappa shape index (κ3) is 3.83. The Morgan fingerprint density at radius 2 is 2.53 bits per heavy atom. The van der Waals surface area contributed by atoms with Crippen molar-refractivity contribution in [2.24, 2.45) is 0 Å². The molecule has 0 radical (unpaired) electrons. The van der Waals surface area contributed by atoms with Gasteiger partial charge < -0.3 is 11.1 Å². The van der Waals surface area contributed by atoms with Crippen molar-refractivity contribution < 1.29 is 4.79 Å². The summed E-state index contributed by atoms with van der Waals surface area (Å²) in [5.74, 6) is 1.21. The molecule has 1 unspecified atom stereocenters. The lowest BCUT2D eigenvalue weighted by Crippen LogP contribution is -2.33. The van der Waals surface area contributed by atoms with Crippen LogP contribution in [0.1, 0.15) is 23.8 Å². The van der Waals surface area contributed by atoms with Crippen LogP contribution in [0.15, 0.2) is 6.07 Å². The Hall–Kier alpha value is -1.17. The van der Waals surface area contributed by atoms with Crippen molar-refractivity contribution in [3.05, 3.63) is 11.8 Å². The lowest BCUT2D eigenvalue weighted by atomic mass is 10.2. The van der Waals surface area contributed by atoms with E-state index in [1.54, 1.807) is 11.8 Å². The van der Waals surface area contributed by atoms with Crippen molar-refractivity contribution in [1.82, 2.24) is 15.5 Å². The van der Waals surface area contributed by atoms with Gasteiger partial charge in [0.15, 0.2) is 0 Å². The predicted molar refractivity (Wildman–Crippen MR) is 62.9 cm³/mol. The molecule has 6 heteroatoms. The number of thioether (sulfide) groups is 1. The zero-order valence-corrected chi connectivity index (χ0v) is 9.73. The molecule has 84 valence electrons. The Balaban J connectivity index is 2.42. The minimum Gasteiger partial charge on any atom is -0.382 e. The minimum atomic E-state index is -0.159. The van der Waals surface area contributed by atoms with Crippen LogP contribution in [-0.2, 0) is 0 Å². The summed E-state index contributed by atoms with van der Waals surface area (Å²) in [6.45, 7) is 1.98. The summed E-state index contributed by atoms with van der Waals surface area (Å²) in [5.41, 5.74) is 5.81. The van der Waals surface area contributed by atoms with Gasteiger partial charge in [-0.25, -0.2) is 0 Å². The van der Waals surface area contributed by atoms with E-state index in [0.717, 1.165) is 12.2 Å². The summed E-state index contributed by atoms with van der Waals surface area (Å²) in [5, 5.41) is 9.13. The Kier molecular flexibility index (Phi) is 4.48. The highest BCUT2D eigenvalue weighted by Crippen LogP contribution is 2.03. The molecule has 15 heavy (non-hydrogen) atoms. The molecule has 0 aliphatic heterocycles. The number of nitrogens with two attached hydrogens (primary N) is 1. The van der Waals surface area contributed by atoms with Gasteiger partial charge in [-0.2, -0.15) is 16.9 Å². The molecule has 1 heterocycles. The number of nitrogen functional groups attached to an aromatic ring is 1. The van der Waals surface area contributed by atoms with E-state index in [-0.39, 0.29) is 11.9 Å². The van der Waals surface area contributed by atoms with Crippen LogP contribution in [0.25, 0.3) is 0 Å². The lowest BCUT2D eigenvalue weighted by molar-refractivity contribution is 0.0934. The maximum absolute atomic E-state index is 11.6. The molecular weight excluding hydrogens is 212 g/mol. The molecule has 0 saturated carbocycles. The molecule has 0 saturated heterocycles. The number of hydrogen-bond acceptors (Lipinski definition) is 4. The quantitative estimate of drug-likeness (QED) is 0.698. The van der Waals surface area contributed by atoms with E-state index in [9.17, 15) is 4.79 Å². The van der Waals surface area contributed by atoms with Gasteiger partial charge in [0.25, 0.3) is 5.91 Å². The molecule has 0 fully saturated rings. The van der Waals surface area contributed by atoms with E-state index in [1.165, 1.54) is 6.07 Å². The van der Waals surface area contributed by atoms with Crippen LogP contribution in [0.5, 0.6) is 0 Å². The van der Waals surface area contributed by atoms with Gasteiger partial charge in [0, 0.05) is 12.1 Å². The van der Waals surface area contributed by atoms with Crippen molar-refractivity contribution in [1.29, 1.82) is 0 Å². The molecule has 1 atom stereocenters. The van der Waals surface area contributed by atoms with E-state index < -0.39 is 0 Å². The average Bonchev–Trinajstić information content (AvgIpc) is 2.61. The van der Waals surface area contributed by atoms with Gasteiger partial charge in [0.05, 0.1) is 0 Å². The van der Waals surface area contributed by atoms with Crippen molar-refractivity contribution in [2.45, 2.75) is 19.4 Å². The fourth-order valence-electron chi connectivity index (χ4n) is 1.12. The van der Waals surface area contributed by atoms with Crippen LogP contribution in [-0.4, -0.2) is 34.2 Å². The summed E-state index contributed by atoms with van der Waals surface area (Å²) in [7, 11) is 0. The largest absolute Gasteiger partial charge is 0.382 e. The molecule has 0 spiro atoms. The highest BCUT2D eigenvalue weighted by molar-refractivity contribution is 7.98. The number of nitrogens with one attached hydrogen (secondary N) is 2. The lowest BCUT2D eigenvalue weighted by Gasteiger charge is -2.11. The Labute approximate surface area is 93.2 Å². The van der Waals surface area contributed by atoms with Crippen molar-refractivity contribution >= 4 is 23.5 Å². The van der Waals surface area contributed by atoms with Crippen LogP contribution in [0.4, 0.5) is 5.82 Å². The number of aromatic nitrogens is 2. The smallest absolute Gasteiger partial charge is 0.269 e. The summed E-state index contributed by atoms with van der Waals surface area (Å²) < 4.78 is 0. The van der Waals surface area contributed by atoms with Crippen LogP contribution in [0.3, 0.4) is 0 Å². The summed E-state index contributed by atoms with van der Waals surface area (Å²) in [6, 6.07) is 1.69. The molecule has 0 bridgehead atoms. The number of amides is 1. The number of H-pyrrole nitrogens is 1.